The molecule has 1 N–H and O–H groups in total. The van der Waals surface area contributed by atoms with E-state index in [9.17, 15) is 0 Å². The second kappa shape index (κ2) is 7.11. The highest BCUT2D eigenvalue weighted by atomic mass is 127. The number of para-hydroxylation sites is 1. The number of nitrogens with one attached hydrogen (secondary N) is 1. The Morgan fingerprint density at radius 3 is 3.10 bits per heavy atom. The Morgan fingerprint density at radius 1 is 1.43 bits per heavy atom. The average molecular weight is 413 g/mol. The monoisotopic (exact) mass is 413 g/mol. The fourth-order valence-electron chi connectivity index (χ4n) is 2.81. The Labute approximate surface area is 144 Å². The van der Waals surface area contributed by atoms with E-state index in [0.29, 0.717) is 0 Å². The minimum Gasteiger partial charge on any atom is -0.493 e. The van der Waals surface area contributed by atoms with Crippen LogP contribution in [0.1, 0.15) is 42.5 Å². The second-order valence-electron chi connectivity index (χ2n) is 5.36. The van der Waals surface area contributed by atoms with Crippen LogP contribution in [0.3, 0.4) is 0 Å². The number of hydrogen-bond donors (Lipinski definition) is 1. The number of fused-ring (bicyclic) bond motifs is 1. The molecule has 0 bridgehead atoms. The lowest BCUT2D eigenvalue weighted by Crippen LogP contribution is -2.24. The van der Waals surface area contributed by atoms with E-state index in [-0.39, 0.29) is 6.04 Å². The molecule has 2 aromatic rings. The van der Waals surface area contributed by atoms with Gasteiger partial charge in [-0.15, -0.1) is 11.3 Å². The first-order valence-corrected chi connectivity index (χ1v) is 9.47. The molecule has 0 fully saturated rings. The highest BCUT2D eigenvalue weighted by molar-refractivity contribution is 14.1. The lowest BCUT2D eigenvalue weighted by Gasteiger charge is -2.25. The molecule has 2 nitrogen and oxygen atoms in total. The highest BCUT2D eigenvalue weighted by Gasteiger charge is 2.22. The first kappa shape index (κ1) is 15.3. The predicted molar refractivity (Wildman–Crippen MR) is 97.4 cm³/mol. The van der Waals surface area contributed by atoms with Crippen molar-refractivity contribution in [3.8, 4) is 5.75 Å². The Bertz CT molecular complexity index is 611. The molecule has 0 saturated heterocycles. The van der Waals surface area contributed by atoms with Crippen LogP contribution in [0.5, 0.6) is 5.75 Å². The van der Waals surface area contributed by atoms with Gasteiger partial charge in [-0.25, -0.2) is 0 Å². The largest absolute Gasteiger partial charge is 0.493 e. The van der Waals surface area contributed by atoms with Crippen LogP contribution in [0.15, 0.2) is 29.6 Å². The minimum atomic E-state index is 0.234. The molecule has 0 saturated carbocycles. The van der Waals surface area contributed by atoms with Crippen LogP contribution >= 0.6 is 33.9 Å². The van der Waals surface area contributed by atoms with Gasteiger partial charge in [0.1, 0.15) is 5.75 Å². The molecule has 4 heteroatoms. The van der Waals surface area contributed by atoms with Crippen molar-refractivity contribution in [1.82, 2.24) is 5.32 Å². The van der Waals surface area contributed by atoms with Crippen molar-refractivity contribution in [1.29, 1.82) is 0 Å². The zero-order chi connectivity index (χ0) is 14.7. The van der Waals surface area contributed by atoms with E-state index in [4.69, 9.17) is 4.74 Å². The fraction of sp³-hybridized carbons (Fsp3) is 0.412. The first-order valence-electron chi connectivity index (χ1n) is 7.51. The van der Waals surface area contributed by atoms with Crippen molar-refractivity contribution < 1.29 is 4.74 Å². The third kappa shape index (κ3) is 3.43. The van der Waals surface area contributed by atoms with Gasteiger partial charge < -0.3 is 10.1 Å². The zero-order valence-electron chi connectivity index (χ0n) is 12.2. The standard InChI is InChI=1S/C17H20INOS/c1-2-8-19-16(13-10-15(18)21-11-13)14-7-3-5-12-6-4-9-20-17(12)14/h3,5,7,10-11,16,19H,2,4,6,8-9H2,1H3. The van der Waals surface area contributed by atoms with Gasteiger partial charge in [0.15, 0.2) is 0 Å². The van der Waals surface area contributed by atoms with Gasteiger partial charge in [-0.3, -0.25) is 0 Å². The molecule has 1 aromatic heterocycles. The third-order valence-corrected chi connectivity index (χ3v) is 5.60. The molecule has 0 amide bonds. The Hall–Kier alpha value is -0.590. The summed E-state index contributed by atoms with van der Waals surface area (Å²) in [6.45, 7) is 4.06. The summed E-state index contributed by atoms with van der Waals surface area (Å²) in [6.07, 6.45) is 3.39. The van der Waals surface area contributed by atoms with Crippen molar-refractivity contribution in [2.24, 2.45) is 0 Å². The number of hydrogen-bond acceptors (Lipinski definition) is 3. The van der Waals surface area contributed by atoms with Crippen LogP contribution in [-0.2, 0) is 6.42 Å². The van der Waals surface area contributed by atoms with E-state index in [1.54, 1.807) is 11.3 Å². The Balaban J connectivity index is 2.00. The van der Waals surface area contributed by atoms with Gasteiger partial charge in [0.25, 0.3) is 0 Å². The van der Waals surface area contributed by atoms with Crippen LogP contribution in [0.4, 0.5) is 0 Å². The van der Waals surface area contributed by atoms with Crippen LogP contribution in [-0.4, -0.2) is 13.2 Å². The lowest BCUT2D eigenvalue weighted by atomic mass is 9.95. The summed E-state index contributed by atoms with van der Waals surface area (Å²) in [6, 6.07) is 9.09. The summed E-state index contributed by atoms with van der Waals surface area (Å²) in [4.78, 5) is 0. The first-order chi connectivity index (χ1) is 10.3. The summed E-state index contributed by atoms with van der Waals surface area (Å²) in [7, 11) is 0. The van der Waals surface area contributed by atoms with E-state index in [1.165, 1.54) is 19.6 Å². The molecule has 0 aliphatic carbocycles. The fourth-order valence-corrected chi connectivity index (χ4v) is 4.21. The van der Waals surface area contributed by atoms with E-state index in [0.717, 1.165) is 38.2 Å². The van der Waals surface area contributed by atoms with E-state index in [2.05, 4.69) is 64.5 Å². The van der Waals surface area contributed by atoms with Crippen LogP contribution in [0, 0.1) is 2.88 Å². The second-order valence-corrected chi connectivity index (χ2v) is 8.16. The van der Waals surface area contributed by atoms with Crippen molar-refractivity contribution in [3.63, 3.8) is 0 Å². The normalized spacial score (nSPS) is 15.3. The molecular formula is C17H20INOS. The summed E-state index contributed by atoms with van der Waals surface area (Å²) < 4.78 is 7.34. The maximum atomic E-state index is 6.01. The summed E-state index contributed by atoms with van der Waals surface area (Å²) in [5.74, 6) is 1.11. The predicted octanol–water partition coefficient (Wildman–Crippen LogP) is 4.77. The summed E-state index contributed by atoms with van der Waals surface area (Å²) in [5.41, 5.74) is 3.99. The average Bonchev–Trinajstić information content (AvgIpc) is 2.94. The number of benzene rings is 1. The molecular weight excluding hydrogens is 393 g/mol. The van der Waals surface area contributed by atoms with E-state index in [1.807, 2.05) is 0 Å². The van der Waals surface area contributed by atoms with E-state index >= 15 is 0 Å². The van der Waals surface area contributed by atoms with Gasteiger partial charge in [-0.05, 0) is 71.0 Å². The van der Waals surface area contributed by atoms with Gasteiger partial charge in [0, 0.05) is 5.56 Å². The van der Waals surface area contributed by atoms with Crippen molar-refractivity contribution in [2.75, 3.05) is 13.2 Å². The van der Waals surface area contributed by atoms with Crippen molar-refractivity contribution >= 4 is 33.9 Å². The van der Waals surface area contributed by atoms with Crippen molar-refractivity contribution in [3.05, 3.63) is 49.2 Å². The lowest BCUT2D eigenvalue weighted by molar-refractivity contribution is 0.283. The molecule has 1 aliphatic rings. The number of rotatable bonds is 5. The van der Waals surface area contributed by atoms with Crippen LogP contribution in [0.2, 0.25) is 0 Å². The number of ether oxygens (including phenoxy) is 1. The molecule has 2 heterocycles. The summed E-state index contributed by atoms with van der Waals surface area (Å²) >= 11 is 4.20. The van der Waals surface area contributed by atoms with Gasteiger partial charge in [-0.2, -0.15) is 0 Å². The van der Waals surface area contributed by atoms with Crippen LogP contribution < -0.4 is 10.1 Å². The zero-order valence-corrected chi connectivity index (χ0v) is 15.2. The highest BCUT2D eigenvalue weighted by Crippen LogP contribution is 2.37. The molecule has 0 radical (unpaired) electrons. The van der Waals surface area contributed by atoms with Gasteiger partial charge >= 0.3 is 0 Å². The van der Waals surface area contributed by atoms with Crippen molar-refractivity contribution in [2.45, 2.75) is 32.2 Å². The summed E-state index contributed by atoms with van der Waals surface area (Å²) in [5, 5.41) is 5.95. The number of thiophene rings is 1. The number of halogens is 1. The molecule has 112 valence electrons. The van der Waals surface area contributed by atoms with Gasteiger partial charge in [-0.1, -0.05) is 25.1 Å². The molecule has 21 heavy (non-hydrogen) atoms. The van der Waals surface area contributed by atoms with Crippen LogP contribution in [0.25, 0.3) is 0 Å². The maximum absolute atomic E-state index is 6.01. The quantitative estimate of drug-likeness (QED) is 0.714. The molecule has 1 aromatic carbocycles. The van der Waals surface area contributed by atoms with Gasteiger partial charge in [0.05, 0.1) is 15.5 Å². The van der Waals surface area contributed by atoms with Gasteiger partial charge in [0.2, 0.25) is 0 Å². The smallest absolute Gasteiger partial charge is 0.127 e. The molecule has 1 aliphatic heterocycles. The minimum absolute atomic E-state index is 0.234. The third-order valence-electron chi connectivity index (χ3n) is 3.79. The molecule has 1 unspecified atom stereocenters. The SMILES string of the molecule is CCCNC(c1csc(I)c1)c1cccc2c1OCCC2. The maximum Gasteiger partial charge on any atom is 0.127 e. The number of aryl methyl sites for hydroxylation is 1. The Morgan fingerprint density at radius 2 is 2.33 bits per heavy atom. The molecule has 0 spiro atoms. The molecule has 1 atom stereocenters. The Kier molecular flexibility index (Phi) is 5.19. The molecule has 3 rings (SSSR count). The van der Waals surface area contributed by atoms with E-state index < -0.39 is 0 Å². The topological polar surface area (TPSA) is 21.3 Å².